The molecule has 0 unspecified atom stereocenters. The van der Waals surface area contributed by atoms with Crippen LogP contribution >= 0.6 is 0 Å². The molecular weight excluding hydrogens is 246 g/mol. The van der Waals surface area contributed by atoms with Crippen molar-refractivity contribution in [2.45, 2.75) is 52.5 Å². The first kappa shape index (κ1) is 13.9. The molecule has 0 atom stereocenters. The van der Waals surface area contributed by atoms with Gasteiger partial charge in [-0.1, -0.05) is 38.8 Å². The minimum atomic E-state index is 0.377. The van der Waals surface area contributed by atoms with E-state index >= 15 is 0 Å². The summed E-state index contributed by atoms with van der Waals surface area (Å²) in [4.78, 5) is 0. The van der Waals surface area contributed by atoms with Gasteiger partial charge in [0.2, 0.25) is 0 Å². The summed E-state index contributed by atoms with van der Waals surface area (Å²) < 4.78 is 6.25. The summed E-state index contributed by atoms with van der Waals surface area (Å²) in [5, 5.41) is 3.43. The number of benzene rings is 1. The molecule has 20 heavy (non-hydrogen) atoms. The fourth-order valence-corrected chi connectivity index (χ4v) is 3.49. The Morgan fingerprint density at radius 3 is 2.90 bits per heavy atom. The third-order valence-corrected chi connectivity index (χ3v) is 5.15. The van der Waals surface area contributed by atoms with E-state index in [9.17, 15) is 0 Å². The molecule has 3 rings (SSSR count). The summed E-state index contributed by atoms with van der Waals surface area (Å²) in [6.07, 6.45) is 6.43. The van der Waals surface area contributed by atoms with Gasteiger partial charge in [0.15, 0.2) is 0 Å². The van der Waals surface area contributed by atoms with Crippen LogP contribution < -0.4 is 10.1 Å². The van der Waals surface area contributed by atoms with Crippen molar-refractivity contribution in [1.82, 2.24) is 5.32 Å². The van der Waals surface area contributed by atoms with Crippen LogP contribution in [0.2, 0.25) is 0 Å². The molecule has 0 amide bonds. The van der Waals surface area contributed by atoms with E-state index in [4.69, 9.17) is 4.74 Å². The second kappa shape index (κ2) is 5.77. The summed E-state index contributed by atoms with van der Waals surface area (Å²) in [5.41, 5.74) is 3.22. The van der Waals surface area contributed by atoms with Crippen molar-refractivity contribution in [2.24, 2.45) is 11.3 Å². The lowest BCUT2D eigenvalue weighted by atomic mass is 9.73. The van der Waals surface area contributed by atoms with Crippen molar-refractivity contribution in [2.75, 3.05) is 13.2 Å². The van der Waals surface area contributed by atoms with Crippen LogP contribution in [0.1, 0.15) is 50.7 Å². The fourth-order valence-electron chi connectivity index (χ4n) is 3.49. The van der Waals surface area contributed by atoms with E-state index in [0.29, 0.717) is 5.41 Å². The molecule has 1 aliphatic carbocycles. The zero-order chi connectivity index (χ0) is 14.0. The van der Waals surface area contributed by atoms with Gasteiger partial charge in [-0.05, 0) is 48.9 Å². The molecule has 1 aromatic carbocycles. The van der Waals surface area contributed by atoms with Gasteiger partial charge in [0.25, 0.3) is 0 Å². The molecule has 0 aromatic heterocycles. The maximum Gasteiger partial charge on any atom is 0.122 e. The molecule has 1 heterocycles. The number of nitrogens with one attached hydrogen (secondary N) is 1. The van der Waals surface area contributed by atoms with E-state index in [2.05, 4.69) is 37.4 Å². The molecule has 1 aromatic rings. The lowest BCUT2D eigenvalue weighted by Crippen LogP contribution is -2.30. The van der Waals surface area contributed by atoms with E-state index in [0.717, 1.165) is 37.8 Å². The molecule has 2 heteroatoms. The highest BCUT2D eigenvalue weighted by Gasteiger charge is 2.30. The van der Waals surface area contributed by atoms with Crippen LogP contribution in [0.15, 0.2) is 18.2 Å². The van der Waals surface area contributed by atoms with Gasteiger partial charge in [-0.2, -0.15) is 0 Å². The third-order valence-electron chi connectivity index (χ3n) is 5.15. The van der Waals surface area contributed by atoms with Crippen LogP contribution in [0.3, 0.4) is 0 Å². The number of fused-ring (bicyclic) bond motifs is 1. The van der Waals surface area contributed by atoms with Crippen LogP contribution in [-0.2, 0) is 13.0 Å². The molecule has 0 radical (unpaired) electrons. The Hall–Kier alpha value is -1.02. The Balaban J connectivity index is 1.66. The molecular formula is C18H27NO. The largest absolute Gasteiger partial charge is 0.493 e. The Morgan fingerprint density at radius 2 is 2.10 bits per heavy atom. The molecule has 2 aliphatic rings. The summed E-state index contributed by atoms with van der Waals surface area (Å²) in [7, 11) is 0. The normalized spacial score (nSPS) is 29.8. The highest BCUT2D eigenvalue weighted by atomic mass is 16.5. The summed E-state index contributed by atoms with van der Waals surface area (Å²) in [6, 6.07) is 6.50. The number of rotatable bonds is 3. The van der Waals surface area contributed by atoms with Crippen molar-refractivity contribution in [3.63, 3.8) is 0 Å². The van der Waals surface area contributed by atoms with Gasteiger partial charge >= 0.3 is 0 Å². The monoisotopic (exact) mass is 273 g/mol. The van der Waals surface area contributed by atoms with Crippen molar-refractivity contribution in [1.29, 1.82) is 0 Å². The van der Waals surface area contributed by atoms with Gasteiger partial charge in [0.05, 0.1) is 6.61 Å². The molecule has 1 fully saturated rings. The van der Waals surface area contributed by atoms with Gasteiger partial charge in [-0.3, -0.25) is 0 Å². The van der Waals surface area contributed by atoms with Crippen LogP contribution in [-0.4, -0.2) is 13.2 Å². The lowest BCUT2D eigenvalue weighted by Gasteiger charge is -2.36. The first-order valence-corrected chi connectivity index (χ1v) is 8.11. The van der Waals surface area contributed by atoms with E-state index in [1.807, 2.05) is 0 Å². The summed E-state index contributed by atoms with van der Waals surface area (Å²) in [5.74, 6) is 2.03. The second-order valence-corrected chi connectivity index (χ2v) is 7.10. The summed E-state index contributed by atoms with van der Waals surface area (Å²) >= 11 is 0. The van der Waals surface area contributed by atoms with E-state index < -0.39 is 0 Å². The molecule has 110 valence electrons. The number of hydrogen-bond donors (Lipinski definition) is 1. The standard InChI is InChI=1S/C18H27NO/c1-14-6-9-18(2,10-7-14)13-20-17-5-3-4-15-12-19-11-8-16(15)17/h3-5,14,19H,6-13H2,1-2H3. The average Bonchev–Trinajstić information content (AvgIpc) is 2.49. The predicted octanol–water partition coefficient (Wildman–Crippen LogP) is 3.93. The molecule has 2 nitrogen and oxygen atoms in total. The van der Waals surface area contributed by atoms with Crippen molar-refractivity contribution >= 4 is 0 Å². The predicted molar refractivity (Wildman–Crippen MR) is 83.1 cm³/mol. The van der Waals surface area contributed by atoms with Crippen LogP contribution in [0.4, 0.5) is 0 Å². The zero-order valence-electron chi connectivity index (χ0n) is 12.9. The van der Waals surface area contributed by atoms with Crippen LogP contribution in [0.25, 0.3) is 0 Å². The van der Waals surface area contributed by atoms with Crippen molar-refractivity contribution in [3.8, 4) is 5.75 Å². The summed E-state index contributed by atoms with van der Waals surface area (Å²) in [6.45, 7) is 7.71. The average molecular weight is 273 g/mol. The zero-order valence-corrected chi connectivity index (χ0v) is 12.9. The molecule has 0 saturated heterocycles. The van der Waals surface area contributed by atoms with Gasteiger partial charge in [0, 0.05) is 12.0 Å². The first-order chi connectivity index (χ1) is 9.66. The third kappa shape index (κ3) is 3.01. The highest BCUT2D eigenvalue weighted by Crippen LogP contribution is 2.39. The van der Waals surface area contributed by atoms with Crippen LogP contribution in [0.5, 0.6) is 5.75 Å². The van der Waals surface area contributed by atoms with Gasteiger partial charge in [0.1, 0.15) is 5.75 Å². The number of ether oxygens (including phenoxy) is 1. The second-order valence-electron chi connectivity index (χ2n) is 7.10. The Labute approximate surface area is 122 Å². The fraction of sp³-hybridized carbons (Fsp3) is 0.667. The Morgan fingerprint density at radius 1 is 1.30 bits per heavy atom. The van der Waals surface area contributed by atoms with E-state index in [1.165, 1.54) is 36.8 Å². The van der Waals surface area contributed by atoms with E-state index in [-0.39, 0.29) is 0 Å². The topological polar surface area (TPSA) is 21.3 Å². The quantitative estimate of drug-likeness (QED) is 0.901. The minimum absolute atomic E-state index is 0.377. The molecule has 0 spiro atoms. The molecule has 1 N–H and O–H groups in total. The molecule has 1 aliphatic heterocycles. The smallest absolute Gasteiger partial charge is 0.122 e. The highest BCUT2D eigenvalue weighted by molar-refractivity contribution is 5.41. The molecule has 1 saturated carbocycles. The number of hydrogen-bond acceptors (Lipinski definition) is 2. The lowest BCUT2D eigenvalue weighted by molar-refractivity contribution is 0.0974. The van der Waals surface area contributed by atoms with Crippen LogP contribution in [0, 0.1) is 11.3 Å². The molecule has 0 bridgehead atoms. The Kier molecular flexibility index (Phi) is 4.02. The first-order valence-electron chi connectivity index (χ1n) is 8.11. The van der Waals surface area contributed by atoms with Crippen molar-refractivity contribution in [3.05, 3.63) is 29.3 Å². The van der Waals surface area contributed by atoms with Gasteiger partial charge in [-0.15, -0.1) is 0 Å². The Bertz CT molecular complexity index is 460. The van der Waals surface area contributed by atoms with E-state index in [1.54, 1.807) is 0 Å². The minimum Gasteiger partial charge on any atom is -0.493 e. The van der Waals surface area contributed by atoms with Gasteiger partial charge in [-0.25, -0.2) is 0 Å². The van der Waals surface area contributed by atoms with Gasteiger partial charge < -0.3 is 10.1 Å². The van der Waals surface area contributed by atoms with Crippen molar-refractivity contribution < 1.29 is 4.74 Å². The SMILES string of the molecule is CC1CCC(C)(COc2cccc3c2CCNC3)CC1. The maximum atomic E-state index is 6.25. The maximum absolute atomic E-state index is 6.25.